The molecule has 0 aromatic heterocycles. The first kappa shape index (κ1) is 9.43. The number of ether oxygens (including phenoxy) is 1. The predicted octanol–water partition coefficient (Wildman–Crippen LogP) is 0.262. The van der Waals surface area contributed by atoms with Gasteiger partial charge >= 0.3 is 5.97 Å². The van der Waals surface area contributed by atoms with E-state index in [0.29, 0.717) is 12.8 Å². The second-order valence-electron chi connectivity index (χ2n) is 3.83. The summed E-state index contributed by atoms with van der Waals surface area (Å²) >= 11 is 0. The topological polar surface area (TPSA) is 46.6 Å². The first-order valence-electron chi connectivity index (χ1n) is 4.63. The fourth-order valence-electron chi connectivity index (χ4n) is 2.43. The van der Waals surface area contributed by atoms with Crippen molar-refractivity contribution < 1.29 is 18.7 Å². The van der Waals surface area contributed by atoms with Crippen LogP contribution in [-0.2, 0) is 14.3 Å². The van der Waals surface area contributed by atoms with Crippen LogP contribution in [0.4, 0.5) is 4.39 Å². The molecule has 2 saturated heterocycles. The third-order valence-corrected chi connectivity index (χ3v) is 3.08. The third kappa shape index (κ3) is 1.04. The number of rotatable bonds is 1. The molecule has 2 aliphatic heterocycles. The molecule has 5 heteroatoms. The largest absolute Gasteiger partial charge is 0.467 e. The van der Waals surface area contributed by atoms with Crippen molar-refractivity contribution in [3.63, 3.8) is 0 Å². The smallest absolute Gasteiger partial charge is 0.331 e. The Labute approximate surface area is 81.0 Å². The monoisotopic (exact) mass is 201 g/mol. The Balaban J connectivity index is 2.31. The minimum absolute atomic E-state index is 0.0356. The number of halogens is 1. The Bertz CT molecular complexity index is 294. The second-order valence-corrected chi connectivity index (χ2v) is 3.83. The van der Waals surface area contributed by atoms with E-state index >= 15 is 0 Å². The maximum Gasteiger partial charge on any atom is 0.331 e. The lowest BCUT2D eigenvalue weighted by Gasteiger charge is -2.27. The van der Waals surface area contributed by atoms with Crippen molar-refractivity contribution in [1.82, 2.24) is 4.90 Å². The Morgan fingerprint density at radius 1 is 1.71 bits per heavy atom. The number of methoxy groups -OCH3 is 1. The summed E-state index contributed by atoms with van der Waals surface area (Å²) in [5, 5.41) is 0. The summed E-state index contributed by atoms with van der Waals surface area (Å²) < 4.78 is 17.8. The van der Waals surface area contributed by atoms with Crippen molar-refractivity contribution in [3.8, 4) is 0 Å². The van der Waals surface area contributed by atoms with Crippen LogP contribution < -0.4 is 0 Å². The number of fused-ring (bicyclic) bond motifs is 1. The fourth-order valence-corrected chi connectivity index (χ4v) is 2.43. The molecule has 0 radical (unpaired) electrons. The summed E-state index contributed by atoms with van der Waals surface area (Å²) in [6.07, 6.45) is -0.301. The van der Waals surface area contributed by atoms with Gasteiger partial charge in [-0.25, -0.2) is 9.18 Å². The molecule has 2 atom stereocenters. The van der Waals surface area contributed by atoms with Gasteiger partial charge in [0.05, 0.1) is 13.7 Å². The highest BCUT2D eigenvalue weighted by Gasteiger charge is 2.57. The zero-order chi connectivity index (χ0) is 10.3. The molecule has 1 amide bonds. The number of hydrogen-bond acceptors (Lipinski definition) is 3. The average Bonchev–Trinajstić information content (AvgIpc) is 2.64. The molecule has 0 N–H and O–H groups in total. The van der Waals surface area contributed by atoms with Gasteiger partial charge in [0, 0.05) is 12.8 Å². The average molecular weight is 201 g/mol. The SMILES string of the molecule is COC(=O)C12CCC(=O)N1CC(F)C2. The summed E-state index contributed by atoms with van der Waals surface area (Å²) in [5.74, 6) is -0.626. The molecule has 0 aliphatic carbocycles. The van der Waals surface area contributed by atoms with Gasteiger partial charge in [0.25, 0.3) is 0 Å². The Morgan fingerprint density at radius 2 is 2.43 bits per heavy atom. The van der Waals surface area contributed by atoms with Gasteiger partial charge < -0.3 is 9.64 Å². The van der Waals surface area contributed by atoms with Crippen LogP contribution in [0.2, 0.25) is 0 Å². The fraction of sp³-hybridized carbons (Fsp3) is 0.778. The van der Waals surface area contributed by atoms with E-state index < -0.39 is 17.7 Å². The summed E-state index contributed by atoms with van der Waals surface area (Å²) in [7, 11) is 1.27. The predicted molar refractivity (Wildman–Crippen MR) is 45.2 cm³/mol. The van der Waals surface area contributed by atoms with E-state index in [0.717, 1.165) is 0 Å². The highest BCUT2D eigenvalue weighted by Crippen LogP contribution is 2.41. The van der Waals surface area contributed by atoms with Crippen LogP contribution >= 0.6 is 0 Å². The van der Waals surface area contributed by atoms with Gasteiger partial charge in [-0.15, -0.1) is 0 Å². The van der Waals surface area contributed by atoms with Gasteiger partial charge in [0.2, 0.25) is 5.91 Å². The molecular weight excluding hydrogens is 189 g/mol. The molecule has 14 heavy (non-hydrogen) atoms. The second kappa shape index (κ2) is 2.93. The molecule has 2 aliphatic rings. The van der Waals surface area contributed by atoms with Crippen molar-refractivity contribution in [3.05, 3.63) is 0 Å². The van der Waals surface area contributed by atoms with E-state index in [1.54, 1.807) is 0 Å². The van der Waals surface area contributed by atoms with E-state index in [4.69, 9.17) is 0 Å². The van der Waals surface area contributed by atoms with Crippen molar-refractivity contribution in [2.75, 3.05) is 13.7 Å². The van der Waals surface area contributed by atoms with Crippen LogP contribution in [0.25, 0.3) is 0 Å². The lowest BCUT2D eigenvalue weighted by molar-refractivity contribution is -0.155. The van der Waals surface area contributed by atoms with Crippen LogP contribution in [0.5, 0.6) is 0 Å². The lowest BCUT2D eigenvalue weighted by Crippen LogP contribution is -2.47. The molecule has 2 heterocycles. The number of nitrogens with zero attached hydrogens (tertiary/aromatic N) is 1. The summed E-state index contributed by atoms with van der Waals surface area (Å²) in [4.78, 5) is 24.2. The number of esters is 1. The normalized spacial score (nSPS) is 36.0. The van der Waals surface area contributed by atoms with Crippen molar-refractivity contribution in [2.24, 2.45) is 0 Å². The number of hydrogen-bond donors (Lipinski definition) is 0. The number of alkyl halides is 1. The van der Waals surface area contributed by atoms with Gasteiger partial charge in [-0.3, -0.25) is 4.79 Å². The lowest BCUT2D eigenvalue weighted by atomic mass is 9.94. The highest BCUT2D eigenvalue weighted by atomic mass is 19.1. The van der Waals surface area contributed by atoms with E-state index in [-0.39, 0.29) is 18.9 Å². The molecule has 0 saturated carbocycles. The summed E-state index contributed by atoms with van der Waals surface area (Å²) in [6.45, 7) is 0.0356. The summed E-state index contributed by atoms with van der Waals surface area (Å²) in [5.41, 5.74) is -0.995. The minimum Gasteiger partial charge on any atom is -0.467 e. The molecular formula is C9H12FNO3. The van der Waals surface area contributed by atoms with Crippen molar-refractivity contribution in [2.45, 2.75) is 31.0 Å². The molecule has 2 rings (SSSR count). The van der Waals surface area contributed by atoms with Crippen LogP contribution in [0, 0.1) is 0 Å². The number of carbonyl (C=O) groups excluding carboxylic acids is 2. The maximum absolute atomic E-state index is 13.2. The third-order valence-electron chi connectivity index (χ3n) is 3.08. The number of amides is 1. The Kier molecular flexibility index (Phi) is 1.97. The Morgan fingerprint density at radius 3 is 3.07 bits per heavy atom. The first-order chi connectivity index (χ1) is 6.60. The quantitative estimate of drug-likeness (QED) is 0.572. The van der Waals surface area contributed by atoms with Crippen LogP contribution in [0.15, 0.2) is 0 Å². The molecule has 2 fully saturated rings. The molecule has 0 spiro atoms. The van der Waals surface area contributed by atoms with E-state index in [2.05, 4.69) is 4.74 Å². The maximum atomic E-state index is 13.2. The first-order valence-corrected chi connectivity index (χ1v) is 4.63. The van der Waals surface area contributed by atoms with Crippen LogP contribution in [0.3, 0.4) is 0 Å². The molecule has 0 aromatic rings. The highest BCUT2D eigenvalue weighted by molar-refractivity contribution is 5.92. The zero-order valence-electron chi connectivity index (χ0n) is 7.96. The Hall–Kier alpha value is -1.13. The standard InChI is InChI=1S/C9H12FNO3/c1-14-8(13)9-3-2-7(12)11(9)5-6(10)4-9/h6H,2-5H2,1H3. The summed E-state index contributed by atoms with van der Waals surface area (Å²) in [6, 6.07) is 0. The molecule has 78 valence electrons. The molecule has 0 aromatic carbocycles. The van der Waals surface area contributed by atoms with Crippen LogP contribution in [-0.4, -0.2) is 42.1 Å². The van der Waals surface area contributed by atoms with E-state index in [1.807, 2.05) is 0 Å². The number of carbonyl (C=O) groups is 2. The molecule has 4 nitrogen and oxygen atoms in total. The van der Waals surface area contributed by atoms with Gasteiger partial charge in [-0.2, -0.15) is 0 Å². The van der Waals surface area contributed by atoms with Crippen molar-refractivity contribution in [1.29, 1.82) is 0 Å². The zero-order valence-corrected chi connectivity index (χ0v) is 7.96. The molecule has 0 bridgehead atoms. The van der Waals surface area contributed by atoms with E-state index in [1.165, 1.54) is 12.0 Å². The van der Waals surface area contributed by atoms with Crippen LogP contribution in [0.1, 0.15) is 19.3 Å². The van der Waals surface area contributed by atoms with Gasteiger partial charge in [-0.05, 0) is 6.42 Å². The van der Waals surface area contributed by atoms with Gasteiger partial charge in [-0.1, -0.05) is 0 Å². The van der Waals surface area contributed by atoms with Gasteiger partial charge in [0.1, 0.15) is 11.7 Å². The van der Waals surface area contributed by atoms with Gasteiger partial charge in [0.15, 0.2) is 0 Å². The minimum atomic E-state index is -1.10. The molecule has 2 unspecified atom stereocenters. The van der Waals surface area contributed by atoms with Crippen molar-refractivity contribution >= 4 is 11.9 Å². The van der Waals surface area contributed by atoms with E-state index in [9.17, 15) is 14.0 Å².